The van der Waals surface area contributed by atoms with Crippen LogP contribution in [0.25, 0.3) is 0 Å². The van der Waals surface area contributed by atoms with Crippen molar-refractivity contribution in [3.05, 3.63) is 33.4 Å². The molecular weight excluding hydrogens is 351 g/mol. The van der Waals surface area contributed by atoms with Crippen molar-refractivity contribution in [2.24, 2.45) is 11.5 Å². The number of rotatable bonds is 4. The Kier molecular flexibility index (Phi) is 5.20. The molecule has 0 fully saturated rings. The normalized spacial score (nSPS) is 13.4. The van der Waals surface area contributed by atoms with Crippen LogP contribution < -0.4 is 11.5 Å². The Bertz CT molecular complexity index is 452. The highest BCUT2D eigenvalue weighted by atomic mass is 127. The van der Waals surface area contributed by atoms with E-state index in [4.69, 9.17) is 20.9 Å². The Morgan fingerprint density at radius 3 is 2.22 bits per heavy atom. The van der Waals surface area contributed by atoms with Gasteiger partial charge in [0, 0.05) is 9.13 Å². The number of amides is 2. The Balaban J connectivity index is 3.01. The molecule has 98 valence electrons. The van der Waals surface area contributed by atoms with Crippen LogP contribution in [0.15, 0.2) is 24.3 Å². The number of nitrogens with two attached hydrogens (primary N) is 2. The fourth-order valence-corrected chi connectivity index (χ4v) is 2.18. The van der Waals surface area contributed by atoms with Gasteiger partial charge in [0.1, 0.15) is 6.10 Å². The molecule has 0 aromatic heterocycles. The summed E-state index contributed by atoms with van der Waals surface area (Å²) < 4.78 is 10.7. The zero-order valence-corrected chi connectivity index (χ0v) is 11.8. The van der Waals surface area contributed by atoms with Crippen LogP contribution in [-0.4, -0.2) is 18.3 Å². The number of ether oxygens (including phenoxy) is 2. The predicted molar refractivity (Wildman–Crippen MR) is 72.7 cm³/mol. The first kappa shape index (κ1) is 14.6. The summed E-state index contributed by atoms with van der Waals surface area (Å²) in [5.74, 6) is 0. The summed E-state index contributed by atoms with van der Waals surface area (Å²) >= 11 is 2.09. The topological polar surface area (TPSA) is 105 Å². The van der Waals surface area contributed by atoms with Crippen molar-refractivity contribution in [1.82, 2.24) is 0 Å². The Hall–Kier alpha value is -1.51. The van der Waals surface area contributed by atoms with Gasteiger partial charge in [-0.25, -0.2) is 9.59 Å². The Labute approximate surface area is 118 Å². The van der Waals surface area contributed by atoms with E-state index < -0.39 is 24.4 Å². The lowest BCUT2D eigenvalue weighted by Crippen LogP contribution is -2.31. The Morgan fingerprint density at radius 1 is 1.17 bits per heavy atom. The quantitative estimate of drug-likeness (QED) is 0.797. The van der Waals surface area contributed by atoms with E-state index in [2.05, 4.69) is 22.6 Å². The maximum Gasteiger partial charge on any atom is 0.405 e. The standard InChI is InChI=1S/C11H13IN2O4/c1-6(17-10(13)15)9(18-11(14)16)7-4-2-3-5-8(7)12/h2-6,9H,1H3,(H2,13,15)(H2,14,16)/t6-,9+/m0/s1. The van der Waals surface area contributed by atoms with Crippen LogP contribution in [0.4, 0.5) is 9.59 Å². The van der Waals surface area contributed by atoms with Gasteiger partial charge in [-0.1, -0.05) is 18.2 Å². The zero-order valence-electron chi connectivity index (χ0n) is 9.63. The van der Waals surface area contributed by atoms with E-state index in [1.165, 1.54) is 0 Å². The first-order valence-corrected chi connectivity index (χ1v) is 6.16. The van der Waals surface area contributed by atoms with Crippen LogP contribution in [-0.2, 0) is 9.47 Å². The van der Waals surface area contributed by atoms with Gasteiger partial charge in [-0.2, -0.15) is 0 Å². The summed E-state index contributed by atoms with van der Waals surface area (Å²) in [5.41, 5.74) is 10.7. The molecule has 2 amide bonds. The molecule has 0 radical (unpaired) electrons. The molecule has 18 heavy (non-hydrogen) atoms. The minimum Gasteiger partial charge on any atom is -0.442 e. The van der Waals surface area contributed by atoms with Gasteiger partial charge in [0.25, 0.3) is 0 Å². The van der Waals surface area contributed by atoms with Crippen LogP contribution in [0.2, 0.25) is 0 Å². The average Bonchev–Trinajstić information content (AvgIpc) is 2.25. The maximum absolute atomic E-state index is 10.9. The molecule has 7 heteroatoms. The van der Waals surface area contributed by atoms with Crippen molar-refractivity contribution in [1.29, 1.82) is 0 Å². The van der Waals surface area contributed by atoms with Crippen LogP contribution in [0, 0.1) is 3.57 Å². The highest BCUT2D eigenvalue weighted by Gasteiger charge is 2.27. The number of benzene rings is 1. The highest BCUT2D eigenvalue weighted by molar-refractivity contribution is 14.1. The summed E-state index contributed by atoms with van der Waals surface area (Å²) in [6.07, 6.45) is -3.40. The van der Waals surface area contributed by atoms with Crippen molar-refractivity contribution in [2.45, 2.75) is 19.1 Å². The monoisotopic (exact) mass is 364 g/mol. The van der Waals surface area contributed by atoms with Gasteiger partial charge >= 0.3 is 12.2 Å². The molecule has 1 rings (SSSR count). The van der Waals surface area contributed by atoms with E-state index in [0.717, 1.165) is 3.57 Å². The Morgan fingerprint density at radius 2 is 1.72 bits per heavy atom. The third kappa shape index (κ3) is 4.06. The SMILES string of the molecule is C[C@H](OC(N)=O)[C@@H](OC(N)=O)c1ccccc1I. The van der Waals surface area contributed by atoms with Crippen LogP contribution in [0.5, 0.6) is 0 Å². The van der Waals surface area contributed by atoms with Crippen LogP contribution >= 0.6 is 22.6 Å². The highest BCUT2D eigenvalue weighted by Crippen LogP contribution is 2.27. The van der Waals surface area contributed by atoms with Gasteiger partial charge in [0.05, 0.1) is 0 Å². The molecule has 2 atom stereocenters. The fourth-order valence-electron chi connectivity index (χ4n) is 1.49. The average molecular weight is 364 g/mol. The largest absolute Gasteiger partial charge is 0.442 e. The number of halogens is 1. The van der Waals surface area contributed by atoms with Crippen molar-refractivity contribution < 1.29 is 19.1 Å². The minimum atomic E-state index is -0.945. The molecule has 0 aliphatic heterocycles. The number of carbonyl (C=O) groups excluding carboxylic acids is 2. The minimum absolute atomic E-state index is 0.700. The van der Waals surface area contributed by atoms with E-state index in [1.54, 1.807) is 19.1 Å². The predicted octanol–water partition coefficient (Wildman–Crippen LogP) is 1.91. The molecule has 0 saturated heterocycles. The molecule has 0 unspecified atom stereocenters. The third-order valence-corrected chi connectivity index (χ3v) is 3.17. The van der Waals surface area contributed by atoms with E-state index >= 15 is 0 Å². The van der Waals surface area contributed by atoms with Crippen LogP contribution in [0.3, 0.4) is 0 Å². The summed E-state index contributed by atoms with van der Waals surface area (Å²) in [4.78, 5) is 21.7. The van der Waals surface area contributed by atoms with Crippen molar-refractivity contribution in [3.8, 4) is 0 Å². The zero-order chi connectivity index (χ0) is 13.7. The van der Waals surface area contributed by atoms with Gasteiger partial charge in [-0.05, 0) is 35.6 Å². The number of carbonyl (C=O) groups is 2. The maximum atomic E-state index is 10.9. The van der Waals surface area contributed by atoms with Crippen molar-refractivity contribution in [3.63, 3.8) is 0 Å². The number of hydrogen-bond acceptors (Lipinski definition) is 4. The van der Waals surface area contributed by atoms with Gasteiger partial charge < -0.3 is 20.9 Å². The van der Waals surface area contributed by atoms with E-state index in [1.807, 2.05) is 12.1 Å². The first-order valence-electron chi connectivity index (χ1n) is 5.08. The molecule has 1 aromatic carbocycles. The molecule has 1 aromatic rings. The first-order chi connectivity index (χ1) is 8.41. The molecule has 0 heterocycles. The number of primary amides is 2. The van der Waals surface area contributed by atoms with E-state index in [9.17, 15) is 9.59 Å². The third-order valence-electron chi connectivity index (χ3n) is 2.18. The lowest BCUT2D eigenvalue weighted by atomic mass is 10.1. The lowest BCUT2D eigenvalue weighted by molar-refractivity contribution is 0.00377. The molecule has 6 nitrogen and oxygen atoms in total. The molecule has 0 aliphatic rings. The number of hydrogen-bond donors (Lipinski definition) is 2. The van der Waals surface area contributed by atoms with E-state index in [0.29, 0.717) is 5.56 Å². The van der Waals surface area contributed by atoms with Crippen LogP contribution in [0.1, 0.15) is 18.6 Å². The summed E-state index contributed by atoms with van der Waals surface area (Å²) in [5, 5.41) is 0. The van der Waals surface area contributed by atoms with Crippen molar-refractivity contribution in [2.75, 3.05) is 0 Å². The van der Waals surface area contributed by atoms with Gasteiger partial charge in [0.2, 0.25) is 0 Å². The second kappa shape index (κ2) is 6.43. The second-order valence-electron chi connectivity index (χ2n) is 3.52. The van der Waals surface area contributed by atoms with Crippen molar-refractivity contribution >= 4 is 34.8 Å². The molecule has 0 bridgehead atoms. The van der Waals surface area contributed by atoms with E-state index in [-0.39, 0.29) is 0 Å². The molecule has 4 N–H and O–H groups in total. The van der Waals surface area contributed by atoms with Gasteiger partial charge in [-0.3, -0.25) is 0 Å². The molecule has 0 aliphatic carbocycles. The smallest absolute Gasteiger partial charge is 0.405 e. The summed E-state index contributed by atoms with van der Waals surface area (Å²) in [7, 11) is 0. The van der Waals surface area contributed by atoms with Gasteiger partial charge in [0.15, 0.2) is 6.10 Å². The summed E-state index contributed by atoms with van der Waals surface area (Å²) in [6, 6.07) is 7.22. The fraction of sp³-hybridized carbons (Fsp3) is 0.273. The summed E-state index contributed by atoms with van der Waals surface area (Å²) in [6.45, 7) is 1.57. The molecule has 0 saturated carbocycles. The second-order valence-corrected chi connectivity index (χ2v) is 4.68. The molecular formula is C11H13IN2O4. The lowest BCUT2D eigenvalue weighted by Gasteiger charge is -2.23. The van der Waals surface area contributed by atoms with Gasteiger partial charge in [-0.15, -0.1) is 0 Å². The molecule has 0 spiro atoms.